The third kappa shape index (κ3) is 4.94. The molecule has 136 valence electrons. The van der Waals surface area contributed by atoms with Gasteiger partial charge in [0.15, 0.2) is 0 Å². The van der Waals surface area contributed by atoms with Crippen molar-refractivity contribution in [2.24, 2.45) is 0 Å². The Morgan fingerprint density at radius 3 is 2.62 bits per heavy atom. The maximum atomic E-state index is 12.0. The fourth-order valence-corrected chi connectivity index (χ4v) is 2.17. The van der Waals surface area contributed by atoms with E-state index in [1.54, 1.807) is 24.3 Å². The summed E-state index contributed by atoms with van der Waals surface area (Å²) in [7, 11) is 0. The van der Waals surface area contributed by atoms with Crippen LogP contribution in [-0.4, -0.2) is 26.7 Å². The minimum atomic E-state index is -1.25. The number of carboxylic acids is 1. The number of H-pyrrole nitrogens is 1. The number of carbonyl (C=O) groups excluding carboxylic acids is 1. The molecule has 2 rings (SSSR count). The van der Waals surface area contributed by atoms with E-state index in [2.05, 4.69) is 11.9 Å². The molecule has 1 amide bonds. The standard InChI is InChI=1S/C17H17N3O6/c1-2-13(18-17(25)26-10-11-6-4-3-5-7-11)12-8-20(9-14(21)22)16(24)19-15(12)23/h2-8,13H,1,9-10H2,(H,18,25)(H,21,22)(H,19,23,24). The van der Waals surface area contributed by atoms with Gasteiger partial charge in [0, 0.05) is 6.20 Å². The molecule has 2 aromatic rings. The molecule has 26 heavy (non-hydrogen) atoms. The minimum absolute atomic E-state index is 0.0331. The average molecular weight is 359 g/mol. The van der Waals surface area contributed by atoms with E-state index < -0.39 is 35.9 Å². The number of aromatic amines is 1. The van der Waals surface area contributed by atoms with Gasteiger partial charge in [-0.3, -0.25) is 19.1 Å². The summed E-state index contributed by atoms with van der Waals surface area (Å²) in [6.45, 7) is 2.94. The van der Waals surface area contributed by atoms with Gasteiger partial charge in [0.2, 0.25) is 0 Å². The number of aliphatic carboxylic acids is 1. The van der Waals surface area contributed by atoms with Crippen molar-refractivity contribution in [1.29, 1.82) is 0 Å². The SMILES string of the molecule is C=CC(NC(=O)OCc1ccccc1)c1cn(CC(=O)O)c(=O)[nH]c1=O. The molecule has 0 saturated heterocycles. The molecule has 0 saturated carbocycles. The van der Waals surface area contributed by atoms with Gasteiger partial charge in [0.1, 0.15) is 13.2 Å². The van der Waals surface area contributed by atoms with Gasteiger partial charge < -0.3 is 15.2 Å². The highest BCUT2D eigenvalue weighted by Gasteiger charge is 2.18. The Balaban J connectivity index is 2.13. The van der Waals surface area contributed by atoms with Gasteiger partial charge in [-0.05, 0) is 5.56 Å². The van der Waals surface area contributed by atoms with E-state index >= 15 is 0 Å². The van der Waals surface area contributed by atoms with E-state index in [-0.39, 0.29) is 12.2 Å². The van der Waals surface area contributed by atoms with Crippen molar-refractivity contribution in [3.05, 3.63) is 81.1 Å². The fraction of sp³-hybridized carbons (Fsp3) is 0.176. The number of benzene rings is 1. The lowest BCUT2D eigenvalue weighted by Gasteiger charge is -2.15. The van der Waals surface area contributed by atoms with Crippen LogP contribution in [0.1, 0.15) is 17.2 Å². The number of alkyl carbamates (subject to hydrolysis) is 1. The Kier molecular flexibility index (Phi) is 6.10. The summed E-state index contributed by atoms with van der Waals surface area (Å²) >= 11 is 0. The van der Waals surface area contributed by atoms with Gasteiger partial charge in [0.05, 0.1) is 11.6 Å². The topological polar surface area (TPSA) is 130 Å². The highest BCUT2D eigenvalue weighted by Crippen LogP contribution is 2.09. The summed E-state index contributed by atoms with van der Waals surface area (Å²) in [5.41, 5.74) is -0.885. The second kappa shape index (κ2) is 8.47. The molecule has 1 unspecified atom stereocenters. The molecule has 1 heterocycles. The first-order chi connectivity index (χ1) is 12.4. The van der Waals surface area contributed by atoms with Crippen LogP contribution >= 0.6 is 0 Å². The first-order valence-electron chi connectivity index (χ1n) is 7.56. The monoisotopic (exact) mass is 359 g/mol. The van der Waals surface area contributed by atoms with E-state index in [1.807, 2.05) is 11.1 Å². The number of aromatic nitrogens is 2. The highest BCUT2D eigenvalue weighted by atomic mass is 16.5. The summed E-state index contributed by atoms with van der Waals surface area (Å²) < 4.78 is 5.88. The molecule has 0 bridgehead atoms. The third-order valence-electron chi connectivity index (χ3n) is 3.40. The van der Waals surface area contributed by atoms with Crippen molar-refractivity contribution >= 4 is 12.1 Å². The highest BCUT2D eigenvalue weighted by molar-refractivity contribution is 5.68. The molecular formula is C17H17N3O6. The second-order valence-electron chi connectivity index (χ2n) is 5.28. The molecule has 1 aromatic heterocycles. The molecule has 1 aromatic carbocycles. The van der Waals surface area contributed by atoms with E-state index in [9.17, 15) is 19.2 Å². The zero-order valence-electron chi connectivity index (χ0n) is 13.7. The van der Waals surface area contributed by atoms with E-state index in [0.29, 0.717) is 0 Å². The van der Waals surface area contributed by atoms with Crippen LogP contribution in [0.25, 0.3) is 0 Å². The van der Waals surface area contributed by atoms with Crippen molar-refractivity contribution in [3.8, 4) is 0 Å². The lowest BCUT2D eigenvalue weighted by atomic mass is 10.1. The number of nitrogens with one attached hydrogen (secondary N) is 2. The summed E-state index contributed by atoms with van der Waals surface area (Å²) in [5, 5.41) is 11.2. The van der Waals surface area contributed by atoms with Gasteiger partial charge in [-0.2, -0.15) is 0 Å². The number of rotatable bonds is 7. The minimum Gasteiger partial charge on any atom is -0.480 e. The molecule has 0 aliphatic carbocycles. The Morgan fingerprint density at radius 1 is 1.31 bits per heavy atom. The van der Waals surface area contributed by atoms with Crippen LogP contribution in [0, 0.1) is 0 Å². The predicted octanol–water partition coefficient (Wildman–Crippen LogP) is 0.775. The van der Waals surface area contributed by atoms with Gasteiger partial charge in [-0.25, -0.2) is 9.59 Å². The lowest BCUT2D eigenvalue weighted by Crippen LogP contribution is -2.37. The van der Waals surface area contributed by atoms with E-state index in [0.717, 1.165) is 16.3 Å². The number of carboxylic acid groups (broad SMARTS) is 1. The predicted molar refractivity (Wildman–Crippen MR) is 91.7 cm³/mol. The van der Waals surface area contributed by atoms with Crippen molar-refractivity contribution in [1.82, 2.24) is 14.9 Å². The second-order valence-corrected chi connectivity index (χ2v) is 5.28. The molecule has 1 atom stereocenters. The molecule has 9 heteroatoms. The van der Waals surface area contributed by atoms with Crippen LogP contribution in [0.3, 0.4) is 0 Å². The van der Waals surface area contributed by atoms with Crippen molar-refractivity contribution in [3.63, 3.8) is 0 Å². The third-order valence-corrected chi connectivity index (χ3v) is 3.40. The number of carbonyl (C=O) groups is 2. The van der Waals surface area contributed by atoms with Crippen molar-refractivity contribution < 1.29 is 19.4 Å². The maximum absolute atomic E-state index is 12.0. The quantitative estimate of drug-likeness (QED) is 0.626. The molecule has 0 radical (unpaired) electrons. The van der Waals surface area contributed by atoms with Crippen LogP contribution < -0.4 is 16.6 Å². The first kappa shape index (κ1) is 18.7. The van der Waals surface area contributed by atoms with Crippen LogP contribution in [-0.2, 0) is 22.7 Å². The molecule has 0 fully saturated rings. The first-order valence-corrected chi connectivity index (χ1v) is 7.56. The van der Waals surface area contributed by atoms with Gasteiger partial charge in [0.25, 0.3) is 5.56 Å². The van der Waals surface area contributed by atoms with Crippen LogP contribution in [0.15, 0.2) is 58.8 Å². The molecule has 0 spiro atoms. The Bertz CT molecular complexity index is 916. The van der Waals surface area contributed by atoms with Gasteiger partial charge in [-0.15, -0.1) is 6.58 Å². The molecule has 0 aliphatic heterocycles. The van der Waals surface area contributed by atoms with Crippen LogP contribution in [0.2, 0.25) is 0 Å². The number of amides is 1. The molecular weight excluding hydrogens is 342 g/mol. The lowest BCUT2D eigenvalue weighted by molar-refractivity contribution is -0.137. The number of ether oxygens (including phenoxy) is 1. The summed E-state index contributed by atoms with van der Waals surface area (Å²) in [5.74, 6) is -1.25. The Hall–Kier alpha value is -3.62. The van der Waals surface area contributed by atoms with Crippen LogP contribution in [0.5, 0.6) is 0 Å². The van der Waals surface area contributed by atoms with Crippen LogP contribution in [0.4, 0.5) is 4.79 Å². The van der Waals surface area contributed by atoms with Gasteiger partial charge >= 0.3 is 17.8 Å². The fourth-order valence-electron chi connectivity index (χ4n) is 2.17. The normalized spacial score (nSPS) is 11.4. The average Bonchev–Trinajstić information content (AvgIpc) is 2.61. The smallest absolute Gasteiger partial charge is 0.408 e. The van der Waals surface area contributed by atoms with Crippen molar-refractivity contribution in [2.75, 3.05) is 0 Å². The zero-order valence-corrected chi connectivity index (χ0v) is 13.7. The summed E-state index contributed by atoms with van der Waals surface area (Å²) in [6, 6.07) is 8.02. The number of nitrogens with zero attached hydrogens (tertiary/aromatic N) is 1. The Morgan fingerprint density at radius 2 is 2.00 bits per heavy atom. The molecule has 0 aliphatic rings. The summed E-state index contributed by atoms with van der Waals surface area (Å²) in [4.78, 5) is 48.4. The number of hydrogen-bond acceptors (Lipinski definition) is 5. The number of hydrogen-bond donors (Lipinski definition) is 3. The van der Waals surface area contributed by atoms with Gasteiger partial charge in [-0.1, -0.05) is 36.4 Å². The van der Waals surface area contributed by atoms with E-state index in [4.69, 9.17) is 9.84 Å². The summed E-state index contributed by atoms with van der Waals surface area (Å²) in [6.07, 6.45) is 1.54. The zero-order chi connectivity index (χ0) is 19.1. The Labute approximate surface area is 147 Å². The van der Waals surface area contributed by atoms with E-state index in [1.165, 1.54) is 6.08 Å². The molecule has 9 nitrogen and oxygen atoms in total. The molecule has 3 N–H and O–H groups in total. The van der Waals surface area contributed by atoms with Crippen molar-refractivity contribution in [2.45, 2.75) is 19.2 Å². The largest absolute Gasteiger partial charge is 0.480 e. The maximum Gasteiger partial charge on any atom is 0.408 e.